The summed E-state index contributed by atoms with van der Waals surface area (Å²) < 4.78 is 19.0. The molecule has 0 saturated carbocycles. The molecule has 1 N–H and O–H groups in total. The van der Waals surface area contributed by atoms with Crippen molar-refractivity contribution >= 4 is 5.91 Å². The highest BCUT2D eigenvalue weighted by Gasteiger charge is 2.20. The lowest BCUT2D eigenvalue weighted by Crippen LogP contribution is -2.27. The topological polar surface area (TPSA) is 68.0 Å². The zero-order chi connectivity index (χ0) is 19.6. The molecule has 1 atom stereocenters. The molecule has 1 amide bonds. The van der Waals surface area contributed by atoms with Crippen molar-refractivity contribution in [3.05, 3.63) is 71.4 Å². The molecule has 0 radical (unpaired) electrons. The largest absolute Gasteiger partial charge is 0.340 e. The van der Waals surface area contributed by atoms with Gasteiger partial charge in [0.05, 0.1) is 5.56 Å². The first-order valence-corrected chi connectivity index (χ1v) is 8.75. The first-order valence-electron chi connectivity index (χ1n) is 8.75. The number of benzene rings is 2. The van der Waals surface area contributed by atoms with E-state index in [1.54, 1.807) is 13.0 Å². The lowest BCUT2D eigenvalue weighted by atomic mass is 9.87. The number of carbonyl (C=O) groups is 1. The van der Waals surface area contributed by atoms with Crippen molar-refractivity contribution < 1.29 is 13.7 Å². The summed E-state index contributed by atoms with van der Waals surface area (Å²) in [6, 6.07) is 13.2. The van der Waals surface area contributed by atoms with Crippen LogP contribution in [0.1, 0.15) is 55.5 Å². The Morgan fingerprint density at radius 2 is 1.78 bits per heavy atom. The summed E-state index contributed by atoms with van der Waals surface area (Å²) in [5, 5.41) is 6.66. The van der Waals surface area contributed by atoms with Crippen LogP contribution in [0.15, 0.2) is 53.1 Å². The van der Waals surface area contributed by atoms with Gasteiger partial charge < -0.3 is 9.84 Å². The molecule has 140 valence electrons. The average Bonchev–Trinajstić information content (AvgIpc) is 3.11. The van der Waals surface area contributed by atoms with Crippen LogP contribution in [0, 0.1) is 5.82 Å². The minimum atomic E-state index is -0.577. The van der Waals surface area contributed by atoms with Crippen molar-refractivity contribution in [1.82, 2.24) is 15.5 Å². The highest BCUT2D eigenvalue weighted by atomic mass is 19.1. The van der Waals surface area contributed by atoms with Crippen molar-refractivity contribution in [3.8, 4) is 11.4 Å². The fourth-order valence-electron chi connectivity index (χ4n) is 2.63. The molecule has 5 nitrogen and oxygen atoms in total. The number of hydrogen-bond acceptors (Lipinski definition) is 4. The van der Waals surface area contributed by atoms with Crippen molar-refractivity contribution in [3.63, 3.8) is 0 Å². The van der Waals surface area contributed by atoms with Gasteiger partial charge in [0, 0.05) is 5.56 Å². The second kappa shape index (κ2) is 7.31. The first-order chi connectivity index (χ1) is 12.8. The van der Waals surface area contributed by atoms with Gasteiger partial charge in [0.2, 0.25) is 11.7 Å². The predicted octanol–water partition coefficient (Wildman–Crippen LogP) is 4.66. The second-order valence-electron chi connectivity index (χ2n) is 7.46. The highest BCUT2D eigenvalue weighted by molar-refractivity contribution is 5.94. The molecule has 0 fully saturated rings. The van der Waals surface area contributed by atoms with Gasteiger partial charge in [0.1, 0.15) is 11.9 Å². The Morgan fingerprint density at radius 3 is 2.41 bits per heavy atom. The molecular weight excluding hydrogens is 345 g/mol. The van der Waals surface area contributed by atoms with Gasteiger partial charge in [-0.05, 0) is 30.0 Å². The summed E-state index contributed by atoms with van der Waals surface area (Å²) in [7, 11) is 0. The van der Waals surface area contributed by atoms with Crippen LogP contribution in [-0.2, 0) is 5.41 Å². The minimum absolute atomic E-state index is 0.0261. The number of aromatic nitrogens is 2. The van der Waals surface area contributed by atoms with E-state index in [2.05, 4.69) is 36.2 Å². The standard InChI is InChI=1S/C21H22FN3O2/c1-13(23-19(26)16-7-5-6-8-17(16)22)20-24-18(25-27-20)14-9-11-15(12-10-14)21(2,3)4/h5-13H,1-4H3,(H,23,26)/t13-/m0/s1. The molecule has 0 saturated heterocycles. The van der Waals surface area contributed by atoms with E-state index < -0.39 is 17.8 Å². The van der Waals surface area contributed by atoms with Gasteiger partial charge >= 0.3 is 0 Å². The Labute approximate surface area is 157 Å². The smallest absolute Gasteiger partial charge is 0.254 e. The molecule has 0 bridgehead atoms. The molecule has 6 heteroatoms. The van der Waals surface area contributed by atoms with Crippen molar-refractivity contribution in [2.45, 2.75) is 39.2 Å². The Bertz CT molecular complexity index is 943. The van der Waals surface area contributed by atoms with Gasteiger partial charge in [-0.1, -0.05) is 62.3 Å². The van der Waals surface area contributed by atoms with Crippen LogP contribution >= 0.6 is 0 Å². The third kappa shape index (κ3) is 4.22. The Hall–Kier alpha value is -3.02. The van der Waals surface area contributed by atoms with E-state index in [1.165, 1.54) is 23.8 Å². The van der Waals surface area contributed by atoms with Gasteiger partial charge in [-0.3, -0.25) is 4.79 Å². The summed E-state index contributed by atoms with van der Waals surface area (Å²) in [6.45, 7) is 8.15. The monoisotopic (exact) mass is 367 g/mol. The van der Waals surface area contributed by atoms with E-state index in [0.29, 0.717) is 5.82 Å². The maximum atomic E-state index is 13.7. The van der Waals surface area contributed by atoms with E-state index >= 15 is 0 Å². The van der Waals surface area contributed by atoms with E-state index in [1.807, 2.05) is 24.3 Å². The third-order valence-corrected chi connectivity index (χ3v) is 4.29. The summed E-state index contributed by atoms with van der Waals surface area (Å²) in [5.74, 6) is -0.408. The van der Waals surface area contributed by atoms with Crippen LogP contribution < -0.4 is 5.32 Å². The maximum Gasteiger partial charge on any atom is 0.254 e. The number of nitrogens with one attached hydrogen (secondary N) is 1. The van der Waals surface area contributed by atoms with Gasteiger partial charge in [0.15, 0.2) is 0 Å². The Kier molecular flexibility index (Phi) is 5.08. The van der Waals surface area contributed by atoms with Gasteiger partial charge in [-0.25, -0.2) is 4.39 Å². The molecule has 0 aliphatic rings. The number of nitrogens with zero attached hydrogens (tertiary/aromatic N) is 2. The zero-order valence-corrected chi connectivity index (χ0v) is 15.8. The van der Waals surface area contributed by atoms with E-state index in [0.717, 1.165) is 5.56 Å². The van der Waals surface area contributed by atoms with Gasteiger partial charge in [-0.15, -0.1) is 0 Å². The van der Waals surface area contributed by atoms with Crippen LogP contribution in [0.2, 0.25) is 0 Å². The second-order valence-corrected chi connectivity index (χ2v) is 7.46. The molecule has 2 aromatic carbocycles. The number of carbonyl (C=O) groups excluding carboxylic acids is 1. The maximum absolute atomic E-state index is 13.7. The third-order valence-electron chi connectivity index (χ3n) is 4.29. The first kappa shape index (κ1) is 18.8. The summed E-state index contributed by atoms with van der Waals surface area (Å²) >= 11 is 0. The normalized spacial score (nSPS) is 12.6. The van der Waals surface area contributed by atoms with Crippen LogP contribution in [0.25, 0.3) is 11.4 Å². The number of halogens is 1. The van der Waals surface area contributed by atoms with Crippen LogP contribution in [0.4, 0.5) is 4.39 Å². The summed E-state index contributed by atoms with van der Waals surface area (Å²) in [4.78, 5) is 16.6. The lowest BCUT2D eigenvalue weighted by Gasteiger charge is -2.18. The van der Waals surface area contributed by atoms with Gasteiger partial charge in [-0.2, -0.15) is 4.98 Å². The van der Waals surface area contributed by atoms with E-state index in [9.17, 15) is 9.18 Å². The molecule has 27 heavy (non-hydrogen) atoms. The fraction of sp³-hybridized carbons (Fsp3) is 0.286. The molecule has 0 unspecified atom stereocenters. The number of rotatable bonds is 4. The van der Waals surface area contributed by atoms with Crippen molar-refractivity contribution in [2.24, 2.45) is 0 Å². The van der Waals surface area contributed by atoms with E-state index in [4.69, 9.17) is 4.52 Å². The SMILES string of the molecule is C[C@H](NC(=O)c1ccccc1F)c1nc(-c2ccc(C(C)(C)C)cc2)no1. The van der Waals surface area contributed by atoms with Crippen molar-refractivity contribution in [2.75, 3.05) is 0 Å². The van der Waals surface area contributed by atoms with Crippen LogP contribution in [0.3, 0.4) is 0 Å². The molecule has 1 aromatic heterocycles. The molecule has 1 heterocycles. The lowest BCUT2D eigenvalue weighted by molar-refractivity contribution is 0.0928. The Balaban J connectivity index is 1.73. The zero-order valence-electron chi connectivity index (χ0n) is 15.8. The number of amides is 1. The van der Waals surface area contributed by atoms with Crippen LogP contribution in [-0.4, -0.2) is 16.0 Å². The van der Waals surface area contributed by atoms with Crippen molar-refractivity contribution in [1.29, 1.82) is 0 Å². The molecular formula is C21H22FN3O2. The summed E-state index contributed by atoms with van der Waals surface area (Å²) in [6.07, 6.45) is 0. The van der Waals surface area contributed by atoms with Gasteiger partial charge in [0.25, 0.3) is 5.91 Å². The molecule has 0 aliphatic heterocycles. The minimum Gasteiger partial charge on any atom is -0.340 e. The molecule has 3 rings (SSSR count). The molecule has 0 aliphatic carbocycles. The predicted molar refractivity (Wildman–Crippen MR) is 101 cm³/mol. The average molecular weight is 367 g/mol. The highest BCUT2D eigenvalue weighted by Crippen LogP contribution is 2.25. The quantitative estimate of drug-likeness (QED) is 0.728. The number of hydrogen-bond donors (Lipinski definition) is 1. The molecule has 3 aromatic rings. The fourth-order valence-corrected chi connectivity index (χ4v) is 2.63. The summed E-state index contributed by atoms with van der Waals surface area (Å²) in [5.41, 5.74) is 2.07. The van der Waals surface area contributed by atoms with E-state index in [-0.39, 0.29) is 16.9 Å². The molecule has 0 spiro atoms. The Morgan fingerprint density at radius 1 is 1.11 bits per heavy atom. The van der Waals surface area contributed by atoms with Crippen LogP contribution in [0.5, 0.6) is 0 Å².